The Labute approximate surface area is 172 Å². The standard InChI is InChI=1S/C24H40N4/c1-25-16-18-27(19-17-25)20-22-6-8-24(9-7-22)28-14-10-23(11-15-28)21-26-12-4-2-3-5-13-26/h6-9,23H,2-5,10-21H2,1H3. The highest BCUT2D eigenvalue weighted by Gasteiger charge is 2.22. The molecule has 4 heteroatoms. The van der Waals surface area contributed by atoms with Gasteiger partial charge in [-0.05, 0) is 69.4 Å². The highest BCUT2D eigenvalue weighted by Crippen LogP contribution is 2.25. The molecule has 3 fully saturated rings. The zero-order valence-corrected chi connectivity index (χ0v) is 18.0. The first-order chi connectivity index (χ1) is 13.8. The van der Waals surface area contributed by atoms with E-state index >= 15 is 0 Å². The zero-order chi connectivity index (χ0) is 19.2. The third-order valence-electron chi connectivity index (χ3n) is 7.13. The van der Waals surface area contributed by atoms with Crippen molar-refractivity contribution in [3.63, 3.8) is 0 Å². The van der Waals surface area contributed by atoms with E-state index in [1.165, 1.54) is 109 Å². The molecule has 1 aromatic rings. The second-order valence-corrected chi connectivity index (χ2v) is 9.39. The Morgan fingerprint density at radius 2 is 1.36 bits per heavy atom. The van der Waals surface area contributed by atoms with Crippen LogP contribution in [0.15, 0.2) is 24.3 Å². The first-order valence-electron chi connectivity index (χ1n) is 11.7. The molecule has 0 spiro atoms. The van der Waals surface area contributed by atoms with Gasteiger partial charge in [0.1, 0.15) is 0 Å². The fraction of sp³-hybridized carbons (Fsp3) is 0.750. The summed E-state index contributed by atoms with van der Waals surface area (Å²) in [5.41, 5.74) is 2.89. The second-order valence-electron chi connectivity index (χ2n) is 9.39. The first-order valence-corrected chi connectivity index (χ1v) is 11.7. The van der Waals surface area contributed by atoms with Crippen LogP contribution in [-0.2, 0) is 6.54 Å². The predicted molar refractivity (Wildman–Crippen MR) is 119 cm³/mol. The van der Waals surface area contributed by atoms with Crippen LogP contribution >= 0.6 is 0 Å². The van der Waals surface area contributed by atoms with Gasteiger partial charge in [-0.1, -0.05) is 25.0 Å². The summed E-state index contributed by atoms with van der Waals surface area (Å²) in [5.74, 6) is 0.908. The van der Waals surface area contributed by atoms with Gasteiger partial charge in [0.05, 0.1) is 0 Å². The van der Waals surface area contributed by atoms with Gasteiger partial charge < -0.3 is 14.7 Å². The van der Waals surface area contributed by atoms with E-state index in [9.17, 15) is 0 Å². The molecule has 0 atom stereocenters. The highest BCUT2D eigenvalue weighted by molar-refractivity contribution is 5.48. The van der Waals surface area contributed by atoms with Gasteiger partial charge in [0.25, 0.3) is 0 Å². The fourth-order valence-electron chi connectivity index (χ4n) is 5.13. The number of benzene rings is 1. The van der Waals surface area contributed by atoms with Crippen molar-refractivity contribution >= 4 is 5.69 Å². The van der Waals surface area contributed by atoms with Crippen molar-refractivity contribution in [3.05, 3.63) is 29.8 Å². The van der Waals surface area contributed by atoms with Crippen LogP contribution in [0.4, 0.5) is 5.69 Å². The average Bonchev–Trinajstić information content (AvgIpc) is 3.00. The van der Waals surface area contributed by atoms with Crippen LogP contribution in [0.3, 0.4) is 0 Å². The largest absolute Gasteiger partial charge is 0.372 e. The third-order valence-corrected chi connectivity index (χ3v) is 7.13. The van der Waals surface area contributed by atoms with Crippen molar-refractivity contribution in [2.45, 2.75) is 45.1 Å². The summed E-state index contributed by atoms with van der Waals surface area (Å²) in [5, 5.41) is 0. The van der Waals surface area contributed by atoms with E-state index in [2.05, 4.69) is 50.9 Å². The fourth-order valence-corrected chi connectivity index (χ4v) is 5.13. The van der Waals surface area contributed by atoms with Crippen molar-refractivity contribution in [1.29, 1.82) is 0 Å². The van der Waals surface area contributed by atoms with Gasteiger partial charge >= 0.3 is 0 Å². The van der Waals surface area contributed by atoms with Crippen LogP contribution in [0.2, 0.25) is 0 Å². The Hall–Kier alpha value is -1.10. The highest BCUT2D eigenvalue weighted by atomic mass is 15.2. The van der Waals surface area contributed by atoms with Crippen molar-refractivity contribution in [1.82, 2.24) is 14.7 Å². The molecular formula is C24H40N4. The van der Waals surface area contributed by atoms with E-state index in [4.69, 9.17) is 0 Å². The van der Waals surface area contributed by atoms with E-state index in [1.807, 2.05) is 0 Å². The summed E-state index contributed by atoms with van der Waals surface area (Å²) in [6, 6.07) is 9.44. The predicted octanol–water partition coefficient (Wildman–Crippen LogP) is 3.53. The van der Waals surface area contributed by atoms with Crippen molar-refractivity contribution in [2.24, 2.45) is 5.92 Å². The molecular weight excluding hydrogens is 344 g/mol. The molecule has 0 bridgehead atoms. The molecule has 3 aliphatic heterocycles. The van der Waals surface area contributed by atoms with E-state index in [0.29, 0.717) is 0 Å². The summed E-state index contributed by atoms with van der Waals surface area (Å²) in [6.07, 6.45) is 8.44. The molecule has 0 aliphatic carbocycles. The third kappa shape index (κ3) is 5.71. The Balaban J connectivity index is 1.22. The van der Waals surface area contributed by atoms with Crippen LogP contribution in [0.5, 0.6) is 0 Å². The average molecular weight is 385 g/mol. The summed E-state index contributed by atoms with van der Waals surface area (Å²) < 4.78 is 0. The van der Waals surface area contributed by atoms with Crippen molar-refractivity contribution in [2.75, 3.05) is 70.9 Å². The molecule has 4 rings (SSSR count). The first kappa shape index (κ1) is 20.2. The lowest BCUT2D eigenvalue weighted by molar-refractivity contribution is 0.148. The van der Waals surface area contributed by atoms with Gasteiger partial charge in [0.2, 0.25) is 0 Å². The Bertz CT molecular complexity index is 563. The molecule has 0 aromatic heterocycles. The number of hydrogen-bond donors (Lipinski definition) is 0. The second kappa shape index (κ2) is 10.1. The summed E-state index contributed by atoms with van der Waals surface area (Å²) in [6.45, 7) is 12.4. The van der Waals surface area contributed by atoms with Crippen LogP contribution in [-0.4, -0.2) is 80.7 Å². The number of likely N-dealkylation sites (tertiary alicyclic amines) is 1. The van der Waals surface area contributed by atoms with Gasteiger partial charge in [-0.25, -0.2) is 0 Å². The molecule has 3 heterocycles. The monoisotopic (exact) mass is 384 g/mol. The normalized spacial score (nSPS) is 24.4. The molecule has 0 unspecified atom stereocenters. The topological polar surface area (TPSA) is 13.0 Å². The lowest BCUT2D eigenvalue weighted by Gasteiger charge is -2.36. The molecule has 28 heavy (non-hydrogen) atoms. The van der Waals surface area contributed by atoms with E-state index in [1.54, 1.807) is 0 Å². The molecule has 4 nitrogen and oxygen atoms in total. The minimum absolute atomic E-state index is 0.908. The summed E-state index contributed by atoms with van der Waals surface area (Å²) in [4.78, 5) is 10.4. The van der Waals surface area contributed by atoms with E-state index in [0.717, 1.165) is 12.5 Å². The van der Waals surface area contributed by atoms with Crippen LogP contribution < -0.4 is 4.90 Å². The smallest absolute Gasteiger partial charge is 0.0366 e. The van der Waals surface area contributed by atoms with E-state index < -0.39 is 0 Å². The maximum Gasteiger partial charge on any atom is 0.0366 e. The molecule has 0 radical (unpaired) electrons. The number of piperidine rings is 1. The quantitative estimate of drug-likeness (QED) is 0.770. The maximum absolute atomic E-state index is 2.75. The van der Waals surface area contributed by atoms with Gasteiger partial charge in [-0.2, -0.15) is 0 Å². The molecule has 156 valence electrons. The number of hydrogen-bond acceptors (Lipinski definition) is 4. The SMILES string of the molecule is CN1CCN(Cc2ccc(N3CCC(CN4CCCCCC4)CC3)cc2)CC1. The Morgan fingerprint density at radius 1 is 0.714 bits per heavy atom. The molecule has 1 aromatic carbocycles. The lowest BCUT2D eigenvalue weighted by Crippen LogP contribution is -2.43. The van der Waals surface area contributed by atoms with Gasteiger partial charge in [0, 0.05) is 58.0 Å². The van der Waals surface area contributed by atoms with Gasteiger partial charge in [-0.3, -0.25) is 4.90 Å². The number of nitrogens with zero attached hydrogens (tertiary/aromatic N) is 4. The number of anilines is 1. The van der Waals surface area contributed by atoms with Crippen LogP contribution in [0.1, 0.15) is 44.1 Å². The summed E-state index contributed by atoms with van der Waals surface area (Å²) in [7, 11) is 2.23. The van der Waals surface area contributed by atoms with Crippen molar-refractivity contribution in [3.8, 4) is 0 Å². The minimum Gasteiger partial charge on any atom is -0.372 e. The minimum atomic E-state index is 0.908. The summed E-state index contributed by atoms with van der Waals surface area (Å²) >= 11 is 0. The molecule has 0 N–H and O–H groups in total. The number of rotatable bonds is 5. The maximum atomic E-state index is 2.75. The van der Waals surface area contributed by atoms with Crippen molar-refractivity contribution < 1.29 is 0 Å². The van der Waals surface area contributed by atoms with Crippen LogP contribution in [0.25, 0.3) is 0 Å². The molecule has 3 saturated heterocycles. The lowest BCUT2D eigenvalue weighted by atomic mass is 9.95. The molecule has 0 saturated carbocycles. The Morgan fingerprint density at radius 3 is 2.00 bits per heavy atom. The van der Waals surface area contributed by atoms with Crippen LogP contribution in [0, 0.1) is 5.92 Å². The number of piperazine rings is 1. The molecule has 3 aliphatic rings. The zero-order valence-electron chi connectivity index (χ0n) is 18.0. The van der Waals surface area contributed by atoms with E-state index in [-0.39, 0.29) is 0 Å². The Kier molecular flexibility index (Phi) is 7.27. The van der Waals surface area contributed by atoms with Gasteiger partial charge in [0.15, 0.2) is 0 Å². The number of likely N-dealkylation sites (N-methyl/N-ethyl adjacent to an activating group) is 1. The van der Waals surface area contributed by atoms with Gasteiger partial charge in [-0.15, -0.1) is 0 Å². The molecule has 0 amide bonds.